The average Bonchev–Trinajstić information content (AvgIpc) is 3.20. The van der Waals surface area contributed by atoms with E-state index in [0.29, 0.717) is 4.90 Å². The smallest absolute Gasteiger partial charge is 0.243 e. The van der Waals surface area contributed by atoms with E-state index in [2.05, 4.69) is 0 Å². The molecule has 0 atom stereocenters. The molecule has 18 heavy (non-hydrogen) atoms. The highest BCUT2D eigenvalue weighted by molar-refractivity contribution is 7.89. The van der Waals surface area contributed by atoms with Gasteiger partial charge in [0, 0.05) is 12.6 Å². The van der Waals surface area contributed by atoms with Gasteiger partial charge in [-0.3, -0.25) is 0 Å². The van der Waals surface area contributed by atoms with E-state index in [-0.39, 0.29) is 19.2 Å². The van der Waals surface area contributed by atoms with Gasteiger partial charge < -0.3 is 5.11 Å². The zero-order chi connectivity index (χ0) is 13.2. The molecule has 0 aromatic heterocycles. The third-order valence-electron chi connectivity index (χ3n) is 3.21. The van der Waals surface area contributed by atoms with E-state index in [1.165, 1.54) is 4.31 Å². The minimum absolute atomic E-state index is 0.0769. The van der Waals surface area contributed by atoms with Crippen LogP contribution in [-0.4, -0.2) is 37.0 Å². The van der Waals surface area contributed by atoms with Crippen molar-refractivity contribution in [3.05, 3.63) is 29.8 Å². The molecule has 5 heteroatoms. The second-order valence-corrected chi connectivity index (χ2v) is 6.46. The fourth-order valence-electron chi connectivity index (χ4n) is 1.99. The largest absolute Gasteiger partial charge is 0.395 e. The van der Waals surface area contributed by atoms with Crippen molar-refractivity contribution in [1.82, 2.24) is 4.31 Å². The molecule has 1 saturated carbocycles. The van der Waals surface area contributed by atoms with Gasteiger partial charge in [0.1, 0.15) is 0 Å². The summed E-state index contributed by atoms with van der Waals surface area (Å²) in [6.07, 6.45) is 2.68. The van der Waals surface area contributed by atoms with Crippen LogP contribution in [0.4, 0.5) is 0 Å². The molecule has 0 unspecified atom stereocenters. The Morgan fingerprint density at radius 3 is 2.33 bits per heavy atom. The molecule has 1 aliphatic rings. The molecule has 2 rings (SSSR count). The molecule has 4 nitrogen and oxygen atoms in total. The summed E-state index contributed by atoms with van der Waals surface area (Å²) in [6.45, 7) is 2.08. The molecule has 0 aliphatic heterocycles. The summed E-state index contributed by atoms with van der Waals surface area (Å²) in [6, 6.07) is 7.07. The number of hydrogen-bond donors (Lipinski definition) is 1. The fourth-order valence-corrected chi connectivity index (χ4v) is 3.67. The summed E-state index contributed by atoms with van der Waals surface area (Å²) in [5.41, 5.74) is 1.12. The summed E-state index contributed by atoms with van der Waals surface area (Å²) in [5.74, 6) is 0. The minimum atomic E-state index is -3.45. The Morgan fingerprint density at radius 2 is 1.89 bits per heavy atom. The van der Waals surface area contributed by atoms with E-state index >= 15 is 0 Å². The van der Waals surface area contributed by atoms with Crippen molar-refractivity contribution in [1.29, 1.82) is 0 Å². The molecule has 1 aliphatic carbocycles. The Labute approximate surface area is 108 Å². The second kappa shape index (κ2) is 5.38. The van der Waals surface area contributed by atoms with Crippen LogP contribution in [0.1, 0.15) is 25.3 Å². The van der Waals surface area contributed by atoms with Crippen LogP contribution in [0, 0.1) is 0 Å². The zero-order valence-electron chi connectivity index (χ0n) is 10.5. The predicted molar refractivity (Wildman–Crippen MR) is 69.8 cm³/mol. The number of hydrogen-bond acceptors (Lipinski definition) is 3. The Kier molecular flexibility index (Phi) is 4.04. The van der Waals surface area contributed by atoms with Gasteiger partial charge in [0.2, 0.25) is 10.0 Å². The Bertz CT molecular complexity index is 491. The van der Waals surface area contributed by atoms with Gasteiger partial charge in [-0.1, -0.05) is 19.1 Å². The third kappa shape index (κ3) is 2.74. The highest BCUT2D eigenvalue weighted by Gasteiger charge is 2.37. The standard InChI is InChI=1S/C13H19NO3S/c1-2-11-3-7-13(8-4-11)18(16,17)14(9-10-15)12-5-6-12/h3-4,7-8,12,15H,2,5-6,9-10H2,1H3. The molecule has 1 N–H and O–H groups in total. The molecule has 0 heterocycles. The van der Waals surface area contributed by atoms with Crippen LogP contribution in [0.5, 0.6) is 0 Å². The zero-order valence-corrected chi connectivity index (χ0v) is 11.4. The molecule has 100 valence electrons. The predicted octanol–water partition coefficient (Wildman–Crippen LogP) is 1.39. The first kappa shape index (κ1) is 13.5. The lowest BCUT2D eigenvalue weighted by atomic mass is 10.2. The molecular formula is C13H19NO3S. The molecule has 0 amide bonds. The van der Waals surface area contributed by atoms with E-state index < -0.39 is 10.0 Å². The van der Waals surface area contributed by atoms with E-state index in [1.54, 1.807) is 12.1 Å². The maximum atomic E-state index is 12.4. The lowest BCUT2D eigenvalue weighted by Gasteiger charge is -2.20. The molecule has 0 saturated heterocycles. The fraction of sp³-hybridized carbons (Fsp3) is 0.538. The molecular weight excluding hydrogens is 250 g/mol. The van der Waals surface area contributed by atoms with Crippen LogP contribution in [-0.2, 0) is 16.4 Å². The quantitative estimate of drug-likeness (QED) is 0.849. The maximum absolute atomic E-state index is 12.4. The van der Waals surface area contributed by atoms with Crippen LogP contribution in [0.25, 0.3) is 0 Å². The van der Waals surface area contributed by atoms with Gasteiger partial charge in [-0.25, -0.2) is 8.42 Å². The van der Waals surface area contributed by atoms with Crippen molar-refractivity contribution in [3.63, 3.8) is 0 Å². The summed E-state index contributed by atoms with van der Waals surface area (Å²) in [7, 11) is -3.45. The van der Waals surface area contributed by atoms with Crippen LogP contribution in [0.2, 0.25) is 0 Å². The van der Waals surface area contributed by atoms with Gasteiger partial charge in [0.15, 0.2) is 0 Å². The number of sulfonamides is 1. The second-order valence-electron chi connectivity index (χ2n) is 4.57. The highest BCUT2D eigenvalue weighted by atomic mass is 32.2. The first-order valence-corrected chi connectivity index (χ1v) is 7.75. The van der Waals surface area contributed by atoms with Crippen molar-refractivity contribution < 1.29 is 13.5 Å². The number of aryl methyl sites for hydroxylation is 1. The number of benzene rings is 1. The van der Waals surface area contributed by atoms with Gasteiger partial charge in [0.25, 0.3) is 0 Å². The molecule has 1 fully saturated rings. The SMILES string of the molecule is CCc1ccc(S(=O)(=O)N(CCO)C2CC2)cc1. The van der Waals surface area contributed by atoms with Crippen molar-refractivity contribution in [2.45, 2.75) is 37.1 Å². The van der Waals surface area contributed by atoms with Gasteiger partial charge in [-0.2, -0.15) is 4.31 Å². The Balaban J connectivity index is 2.27. The van der Waals surface area contributed by atoms with Gasteiger partial charge in [-0.15, -0.1) is 0 Å². The number of nitrogens with zero attached hydrogens (tertiary/aromatic N) is 1. The molecule has 0 radical (unpaired) electrons. The van der Waals surface area contributed by atoms with Gasteiger partial charge in [0.05, 0.1) is 11.5 Å². The summed E-state index contributed by atoms with van der Waals surface area (Å²) >= 11 is 0. The molecule has 1 aromatic rings. The Morgan fingerprint density at radius 1 is 1.28 bits per heavy atom. The van der Waals surface area contributed by atoms with Gasteiger partial charge in [-0.05, 0) is 37.0 Å². The normalized spacial score (nSPS) is 16.2. The topological polar surface area (TPSA) is 57.6 Å². The highest BCUT2D eigenvalue weighted by Crippen LogP contribution is 2.31. The average molecular weight is 269 g/mol. The lowest BCUT2D eigenvalue weighted by molar-refractivity contribution is 0.250. The monoisotopic (exact) mass is 269 g/mol. The molecule has 0 spiro atoms. The number of aliphatic hydroxyl groups excluding tert-OH is 1. The van der Waals surface area contributed by atoms with Crippen molar-refractivity contribution in [2.24, 2.45) is 0 Å². The van der Waals surface area contributed by atoms with Crippen molar-refractivity contribution in [2.75, 3.05) is 13.2 Å². The number of rotatable bonds is 6. The summed E-state index contributed by atoms with van der Waals surface area (Å²) in [4.78, 5) is 0.319. The van der Waals surface area contributed by atoms with Crippen molar-refractivity contribution in [3.8, 4) is 0 Å². The van der Waals surface area contributed by atoms with E-state index in [4.69, 9.17) is 5.11 Å². The molecule has 1 aromatic carbocycles. The van der Waals surface area contributed by atoms with Crippen molar-refractivity contribution >= 4 is 10.0 Å². The van der Waals surface area contributed by atoms with Crippen LogP contribution < -0.4 is 0 Å². The summed E-state index contributed by atoms with van der Waals surface area (Å²) in [5, 5.41) is 9.00. The first-order valence-electron chi connectivity index (χ1n) is 6.31. The van der Waals surface area contributed by atoms with E-state index in [9.17, 15) is 8.42 Å². The third-order valence-corrected chi connectivity index (χ3v) is 5.18. The van der Waals surface area contributed by atoms with Crippen LogP contribution in [0.3, 0.4) is 0 Å². The Hall–Kier alpha value is -0.910. The maximum Gasteiger partial charge on any atom is 0.243 e. The lowest BCUT2D eigenvalue weighted by Crippen LogP contribution is -2.35. The molecule has 0 bridgehead atoms. The first-order chi connectivity index (χ1) is 8.59. The van der Waals surface area contributed by atoms with E-state index in [0.717, 1.165) is 24.8 Å². The number of aliphatic hydroxyl groups is 1. The van der Waals surface area contributed by atoms with Gasteiger partial charge >= 0.3 is 0 Å². The van der Waals surface area contributed by atoms with Crippen LogP contribution in [0.15, 0.2) is 29.2 Å². The summed E-state index contributed by atoms with van der Waals surface area (Å²) < 4.78 is 26.3. The van der Waals surface area contributed by atoms with Crippen LogP contribution >= 0.6 is 0 Å². The minimum Gasteiger partial charge on any atom is -0.395 e. The van der Waals surface area contributed by atoms with E-state index in [1.807, 2.05) is 19.1 Å².